The Bertz CT molecular complexity index is 398. The molecule has 0 amide bonds. The first-order valence-electron chi connectivity index (χ1n) is 4.64. The highest BCUT2D eigenvalue weighted by Gasteiger charge is 2.19. The molecule has 0 saturated carbocycles. The number of fused-ring (bicyclic) bond motifs is 1. The summed E-state index contributed by atoms with van der Waals surface area (Å²) in [6, 6.07) is 3.53. The molecule has 0 spiro atoms. The minimum absolute atomic E-state index is 0.0784. The molecule has 0 aliphatic carbocycles. The molecule has 2 rings (SSSR count). The molecule has 4 heteroatoms. The molecule has 15 heavy (non-hydrogen) atoms. The van der Waals surface area contributed by atoms with Gasteiger partial charge in [-0.2, -0.15) is 0 Å². The van der Waals surface area contributed by atoms with E-state index in [1.165, 1.54) is 0 Å². The van der Waals surface area contributed by atoms with E-state index in [-0.39, 0.29) is 12.4 Å². The summed E-state index contributed by atoms with van der Waals surface area (Å²) in [6.07, 6.45) is 0.398. The molecule has 0 radical (unpaired) electrons. The maximum Gasteiger partial charge on any atom is 0.174 e. The van der Waals surface area contributed by atoms with Crippen molar-refractivity contribution in [3.05, 3.63) is 17.7 Å². The lowest BCUT2D eigenvalue weighted by molar-refractivity contribution is -0.121. The van der Waals surface area contributed by atoms with Crippen molar-refractivity contribution in [2.75, 3.05) is 20.8 Å². The summed E-state index contributed by atoms with van der Waals surface area (Å²) in [6.45, 7) is 0.141. The number of benzene rings is 1. The van der Waals surface area contributed by atoms with Crippen LogP contribution >= 0.6 is 0 Å². The topological polar surface area (TPSA) is 44.8 Å². The number of carbonyl (C=O) groups excluding carboxylic acids is 1. The van der Waals surface area contributed by atoms with Crippen LogP contribution in [0.15, 0.2) is 12.1 Å². The first kappa shape index (κ1) is 9.83. The number of carbonyl (C=O) groups is 1. The zero-order valence-electron chi connectivity index (χ0n) is 8.70. The Kier molecular flexibility index (Phi) is 2.49. The fourth-order valence-corrected chi connectivity index (χ4v) is 1.60. The molecule has 1 heterocycles. The summed E-state index contributed by atoms with van der Waals surface area (Å²) in [7, 11) is 3.13. The average Bonchev–Trinajstić information content (AvgIpc) is 2.27. The Morgan fingerprint density at radius 1 is 1.20 bits per heavy atom. The second-order valence-electron chi connectivity index (χ2n) is 3.32. The monoisotopic (exact) mass is 208 g/mol. The van der Waals surface area contributed by atoms with Crippen LogP contribution in [0.2, 0.25) is 0 Å². The van der Waals surface area contributed by atoms with Crippen LogP contribution in [0, 0.1) is 0 Å². The van der Waals surface area contributed by atoms with Crippen molar-refractivity contribution in [3.8, 4) is 17.2 Å². The van der Waals surface area contributed by atoms with Gasteiger partial charge in [-0.3, -0.25) is 4.79 Å². The highest BCUT2D eigenvalue weighted by atomic mass is 16.5. The average molecular weight is 208 g/mol. The van der Waals surface area contributed by atoms with Crippen LogP contribution in [0.25, 0.3) is 0 Å². The van der Waals surface area contributed by atoms with E-state index in [4.69, 9.17) is 14.2 Å². The van der Waals surface area contributed by atoms with Gasteiger partial charge in [0.05, 0.1) is 14.2 Å². The minimum Gasteiger partial charge on any atom is -0.493 e. The van der Waals surface area contributed by atoms with Crippen molar-refractivity contribution in [1.29, 1.82) is 0 Å². The van der Waals surface area contributed by atoms with Gasteiger partial charge in [-0.05, 0) is 6.07 Å². The van der Waals surface area contributed by atoms with E-state index < -0.39 is 0 Å². The van der Waals surface area contributed by atoms with E-state index in [2.05, 4.69) is 0 Å². The van der Waals surface area contributed by atoms with Gasteiger partial charge < -0.3 is 14.2 Å². The molecule has 0 N–H and O–H groups in total. The normalized spacial score (nSPS) is 14.1. The van der Waals surface area contributed by atoms with Crippen LogP contribution in [-0.4, -0.2) is 26.6 Å². The molecular formula is C11H12O4. The summed E-state index contributed by atoms with van der Waals surface area (Å²) in [5, 5.41) is 0. The molecular weight excluding hydrogens is 196 g/mol. The van der Waals surface area contributed by atoms with Gasteiger partial charge in [0.2, 0.25) is 0 Å². The van der Waals surface area contributed by atoms with Crippen molar-refractivity contribution < 1.29 is 19.0 Å². The summed E-state index contributed by atoms with van der Waals surface area (Å²) >= 11 is 0. The molecule has 1 aliphatic rings. The molecule has 0 atom stereocenters. The second kappa shape index (κ2) is 3.81. The lowest BCUT2D eigenvalue weighted by Crippen LogP contribution is -2.20. The highest BCUT2D eigenvalue weighted by Crippen LogP contribution is 2.36. The van der Waals surface area contributed by atoms with E-state index in [1.54, 1.807) is 26.4 Å². The van der Waals surface area contributed by atoms with Gasteiger partial charge in [0.1, 0.15) is 12.4 Å². The van der Waals surface area contributed by atoms with Gasteiger partial charge in [-0.15, -0.1) is 0 Å². The molecule has 0 bridgehead atoms. The summed E-state index contributed by atoms with van der Waals surface area (Å²) in [5.74, 6) is 2.02. The third-order valence-corrected chi connectivity index (χ3v) is 2.34. The number of methoxy groups -OCH3 is 2. The highest BCUT2D eigenvalue weighted by molar-refractivity contribution is 5.85. The number of hydrogen-bond donors (Lipinski definition) is 0. The molecule has 0 saturated heterocycles. The van der Waals surface area contributed by atoms with Crippen molar-refractivity contribution in [2.24, 2.45) is 0 Å². The van der Waals surface area contributed by atoms with Crippen LogP contribution in [-0.2, 0) is 11.2 Å². The van der Waals surface area contributed by atoms with Crippen LogP contribution in [0.3, 0.4) is 0 Å². The molecule has 1 aliphatic heterocycles. The van der Waals surface area contributed by atoms with E-state index in [1.807, 2.05) is 0 Å². The Hall–Kier alpha value is -1.71. The largest absolute Gasteiger partial charge is 0.493 e. The lowest BCUT2D eigenvalue weighted by Gasteiger charge is -2.18. The minimum atomic E-state index is 0.0784. The Balaban J connectivity index is 2.45. The Morgan fingerprint density at radius 3 is 2.53 bits per heavy atom. The maximum atomic E-state index is 11.2. The third kappa shape index (κ3) is 1.75. The Labute approximate surface area is 87.8 Å². The molecule has 80 valence electrons. The summed E-state index contributed by atoms with van der Waals surface area (Å²) in [4.78, 5) is 11.2. The molecule has 4 nitrogen and oxygen atoms in total. The predicted octanol–water partition coefficient (Wildman–Crippen LogP) is 1.21. The van der Waals surface area contributed by atoms with Gasteiger partial charge in [0.15, 0.2) is 17.3 Å². The number of ether oxygens (including phenoxy) is 3. The number of Topliss-reactive ketones (excluding diaryl/α,β-unsaturated/α-hetero) is 1. The van der Waals surface area contributed by atoms with E-state index >= 15 is 0 Å². The van der Waals surface area contributed by atoms with Gasteiger partial charge in [0.25, 0.3) is 0 Å². The maximum absolute atomic E-state index is 11.2. The lowest BCUT2D eigenvalue weighted by atomic mass is 10.0. The van der Waals surface area contributed by atoms with Crippen LogP contribution in [0.4, 0.5) is 0 Å². The zero-order valence-corrected chi connectivity index (χ0v) is 8.70. The van der Waals surface area contributed by atoms with E-state index in [0.29, 0.717) is 23.7 Å². The van der Waals surface area contributed by atoms with Crippen molar-refractivity contribution in [2.45, 2.75) is 6.42 Å². The smallest absolute Gasteiger partial charge is 0.174 e. The van der Waals surface area contributed by atoms with E-state index in [9.17, 15) is 4.79 Å². The SMILES string of the molecule is COc1cc2c(cc1OC)OCC(=O)C2. The third-order valence-electron chi connectivity index (χ3n) is 2.34. The zero-order chi connectivity index (χ0) is 10.8. The van der Waals surface area contributed by atoms with Crippen LogP contribution in [0.5, 0.6) is 17.2 Å². The molecule has 1 aromatic carbocycles. The van der Waals surface area contributed by atoms with Crippen molar-refractivity contribution in [1.82, 2.24) is 0 Å². The molecule has 0 aromatic heterocycles. The van der Waals surface area contributed by atoms with Crippen molar-refractivity contribution >= 4 is 5.78 Å². The molecule has 0 unspecified atom stereocenters. The first-order valence-corrected chi connectivity index (χ1v) is 4.64. The fourth-order valence-electron chi connectivity index (χ4n) is 1.60. The van der Waals surface area contributed by atoms with Gasteiger partial charge >= 0.3 is 0 Å². The fraction of sp³-hybridized carbons (Fsp3) is 0.364. The quantitative estimate of drug-likeness (QED) is 0.732. The van der Waals surface area contributed by atoms with Crippen molar-refractivity contribution in [3.63, 3.8) is 0 Å². The standard InChI is InChI=1S/C11H12O4/c1-13-10-4-7-3-8(12)6-15-9(7)5-11(10)14-2/h4-5H,3,6H2,1-2H3. The Morgan fingerprint density at radius 2 is 1.87 bits per heavy atom. The summed E-state index contributed by atoms with van der Waals surface area (Å²) in [5.41, 5.74) is 0.851. The molecule has 0 fully saturated rings. The summed E-state index contributed by atoms with van der Waals surface area (Å²) < 4.78 is 15.6. The van der Waals surface area contributed by atoms with E-state index in [0.717, 1.165) is 5.56 Å². The number of rotatable bonds is 2. The first-order chi connectivity index (χ1) is 7.24. The molecule has 1 aromatic rings. The van der Waals surface area contributed by atoms with Gasteiger partial charge in [0, 0.05) is 18.1 Å². The number of ketones is 1. The predicted molar refractivity (Wildman–Crippen MR) is 53.8 cm³/mol. The van der Waals surface area contributed by atoms with Crippen LogP contribution in [0.1, 0.15) is 5.56 Å². The van der Waals surface area contributed by atoms with Gasteiger partial charge in [-0.1, -0.05) is 0 Å². The second-order valence-corrected chi connectivity index (χ2v) is 3.32. The van der Waals surface area contributed by atoms with Gasteiger partial charge in [-0.25, -0.2) is 0 Å². The van der Waals surface area contributed by atoms with Crippen LogP contribution < -0.4 is 14.2 Å². The number of hydrogen-bond acceptors (Lipinski definition) is 4.